The van der Waals surface area contributed by atoms with E-state index in [4.69, 9.17) is 4.84 Å². The maximum Gasteiger partial charge on any atom is 0.167 e. The fourth-order valence-corrected chi connectivity index (χ4v) is 4.40. The summed E-state index contributed by atoms with van der Waals surface area (Å²) in [5, 5.41) is 4.58. The molecule has 30 heavy (non-hydrogen) atoms. The van der Waals surface area contributed by atoms with Gasteiger partial charge in [-0.1, -0.05) is 71.9 Å². The van der Waals surface area contributed by atoms with Gasteiger partial charge in [0, 0.05) is 35.6 Å². The summed E-state index contributed by atoms with van der Waals surface area (Å²) in [6.45, 7) is 1.89. The van der Waals surface area contributed by atoms with Gasteiger partial charge in [-0.15, -0.1) is 12.4 Å². The van der Waals surface area contributed by atoms with Gasteiger partial charge in [-0.3, -0.25) is 0 Å². The number of fused-ring (bicyclic) bond motifs is 5. The van der Waals surface area contributed by atoms with Crippen LogP contribution in [-0.4, -0.2) is 37.8 Å². The Bertz CT molecular complexity index is 1050. The van der Waals surface area contributed by atoms with E-state index in [1.807, 2.05) is 6.07 Å². The van der Waals surface area contributed by atoms with Crippen molar-refractivity contribution >= 4 is 29.5 Å². The molecule has 2 atom stereocenters. The number of halogens is 1. The third-order valence-corrected chi connectivity index (χ3v) is 5.80. The van der Waals surface area contributed by atoms with E-state index in [1.165, 1.54) is 22.5 Å². The van der Waals surface area contributed by atoms with E-state index in [9.17, 15) is 0 Å². The minimum Gasteiger partial charge on any atom is -0.386 e. The van der Waals surface area contributed by atoms with Gasteiger partial charge in [-0.25, -0.2) is 0 Å². The van der Waals surface area contributed by atoms with Crippen molar-refractivity contribution in [2.24, 2.45) is 5.16 Å². The summed E-state index contributed by atoms with van der Waals surface area (Å²) in [4.78, 5) is 10.8. The van der Waals surface area contributed by atoms with E-state index in [0.29, 0.717) is 0 Å². The lowest BCUT2D eigenvalue weighted by Crippen LogP contribution is -2.29. The first-order valence-corrected chi connectivity index (χ1v) is 10.1. The van der Waals surface area contributed by atoms with E-state index >= 15 is 0 Å². The van der Waals surface area contributed by atoms with Crippen molar-refractivity contribution in [3.05, 3.63) is 95.6 Å². The number of para-hydroxylation sites is 2. The topological polar surface area (TPSA) is 28.1 Å². The second-order valence-electron chi connectivity index (χ2n) is 7.92. The van der Waals surface area contributed by atoms with E-state index in [2.05, 4.69) is 102 Å². The molecule has 0 saturated heterocycles. The predicted octanol–water partition coefficient (Wildman–Crippen LogP) is 5.38. The van der Waals surface area contributed by atoms with Gasteiger partial charge in [0.25, 0.3) is 0 Å². The molecule has 0 aromatic heterocycles. The van der Waals surface area contributed by atoms with Crippen LogP contribution in [0.25, 0.3) is 0 Å². The van der Waals surface area contributed by atoms with Crippen molar-refractivity contribution in [1.82, 2.24) is 4.90 Å². The third-order valence-electron chi connectivity index (χ3n) is 5.80. The van der Waals surface area contributed by atoms with Crippen LogP contribution < -0.4 is 4.90 Å². The van der Waals surface area contributed by atoms with Crippen LogP contribution in [0.5, 0.6) is 0 Å². The van der Waals surface area contributed by atoms with E-state index in [-0.39, 0.29) is 24.4 Å². The zero-order chi connectivity index (χ0) is 19.8. The summed E-state index contributed by atoms with van der Waals surface area (Å²) in [5.41, 5.74) is 7.04. The molecule has 0 bridgehead atoms. The molecule has 0 radical (unpaired) electrons. The average Bonchev–Trinajstić information content (AvgIpc) is 3.15. The van der Waals surface area contributed by atoms with Gasteiger partial charge in [0.15, 0.2) is 6.10 Å². The molecule has 0 amide bonds. The second kappa shape index (κ2) is 8.50. The van der Waals surface area contributed by atoms with Gasteiger partial charge in [0.2, 0.25) is 0 Å². The Morgan fingerprint density at radius 3 is 2.13 bits per heavy atom. The second-order valence-corrected chi connectivity index (χ2v) is 7.92. The maximum absolute atomic E-state index is 6.11. The predicted molar refractivity (Wildman–Crippen MR) is 125 cm³/mol. The molecule has 2 unspecified atom stereocenters. The van der Waals surface area contributed by atoms with Crippen LogP contribution >= 0.6 is 12.4 Å². The van der Waals surface area contributed by atoms with Crippen molar-refractivity contribution in [2.75, 3.05) is 32.1 Å². The number of benzene rings is 3. The molecule has 2 heterocycles. The Hall–Kier alpha value is -2.82. The molecule has 2 aliphatic rings. The lowest BCUT2D eigenvalue weighted by atomic mass is 9.83. The highest BCUT2D eigenvalue weighted by molar-refractivity contribution is 6.07. The first kappa shape index (κ1) is 20.5. The van der Waals surface area contributed by atoms with Crippen LogP contribution in [0.15, 0.2) is 84.0 Å². The molecule has 0 aliphatic carbocycles. The molecule has 3 aromatic carbocycles. The first-order chi connectivity index (χ1) is 14.2. The fraction of sp³-hybridized carbons (Fsp3) is 0.240. The van der Waals surface area contributed by atoms with E-state index < -0.39 is 0 Å². The Balaban J connectivity index is 0.00000218. The summed E-state index contributed by atoms with van der Waals surface area (Å²) in [7, 11) is 4.24. The first-order valence-electron chi connectivity index (χ1n) is 10.1. The number of anilines is 2. The molecule has 3 aromatic rings. The molecule has 0 N–H and O–H groups in total. The van der Waals surface area contributed by atoms with Crippen molar-refractivity contribution < 1.29 is 4.84 Å². The van der Waals surface area contributed by atoms with Crippen LogP contribution in [0.4, 0.5) is 11.4 Å². The van der Waals surface area contributed by atoms with Gasteiger partial charge in [-0.05, 0) is 31.8 Å². The van der Waals surface area contributed by atoms with Crippen LogP contribution in [0.1, 0.15) is 28.7 Å². The molecule has 0 fully saturated rings. The average molecular weight is 420 g/mol. The monoisotopic (exact) mass is 419 g/mol. The van der Waals surface area contributed by atoms with Crippen molar-refractivity contribution in [1.29, 1.82) is 0 Å². The van der Waals surface area contributed by atoms with Crippen molar-refractivity contribution in [2.45, 2.75) is 12.0 Å². The third kappa shape index (κ3) is 3.47. The quantitative estimate of drug-likeness (QED) is 0.568. The van der Waals surface area contributed by atoms with Gasteiger partial charge in [0.05, 0.1) is 11.6 Å². The minimum absolute atomic E-state index is 0. The highest BCUT2D eigenvalue weighted by Crippen LogP contribution is 2.51. The van der Waals surface area contributed by atoms with Gasteiger partial charge in [-0.2, -0.15) is 0 Å². The van der Waals surface area contributed by atoms with Gasteiger partial charge < -0.3 is 14.6 Å². The van der Waals surface area contributed by atoms with Crippen LogP contribution in [0, 0.1) is 0 Å². The molecular weight excluding hydrogens is 394 g/mol. The number of hydrogen-bond donors (Lipinski definition) is 0. The minimum atomic E-state index is -0.119. The molecule has 5 rings (SSSR count). The summed E-state index contributed by atoms with van der Waals surface area (Å²) >= 11 is 0. The Kier molecular flexibility index (Phi) is 5.80. The van der Waals surface area contributed by atoms with Crippen molar-refractivity contribution in [3.8, 4) is 0 Å². The Labute approximate surface area is 184 Å². The molecule has 5 heteroatoms. The van der Waals surface area contributed by atoms with Gasteiger partial charge in [0.1, 0.15) is 0 Å². The number of hydrogen-bond acceptors (Lipinski definition) is 4. The smallest absolute Gasteiger partial charge is 0.167 e. The zero-order valence-electron chi connectivity index (χ0n) is 17.2. The highest BCUT2D eigenvalue weighted by atomic mass is 35.5. The summed E-state index contributed by atoms with van der Waals surface area (Å²) in [6.07, 6.45) is -0.119. The largest absolute Gasteiger partial charge is 0.386 e. The number of oxime groups is 1. The van der Waals surface area contributed by atoms with E-state index in [0.717, 1.165) is 24.4 Å². The molecular formula is C25H26ClN3O. The van der Waals surface area contributed by atoms with Crippen molar-refractivity contribution in [3.63, 3.8) is 0 Å². The lowest BCUT2D eigenvalue weighted by Gasteiger charge is -2.28. The zero-order valence-corrected chi connectivity index (χ0v) is 18.0. The SMILES string of the molecule is CN(C)CCN1c2ccccc2C2ON=C(c3ccccc3)C2c2ccccc21.Cl. The van der Waals surface area contributed by atoms with Crippen LogP contribution in [-0.2, 0) is 4.84 Å². The van der Waals surface area contributed by atoms with Crippen LogP contribution in [0.3, 0.4) is 0 Å². The number of nitrogens with zero attached hydrogens (tertiary/aromatic N) is 3. The lowest BCUT2D eigenvalue weighted by molar-refractivity contribution is 0.0772. The standard InChI is InChI=1S/C25H25N3O.ClH/c1-27(2)16-17-28-21-14-8-6-12-19(21)23-24(18-10-4-3-5-11-18)26-29-25(23)20-13-7-9-15-22(20)28;/h3-15,23,25H,16-17H2,1-2H3;1H. The Morgan fingerprint density at radius 1 is 0.833 bits per heavy atom. The summed E-state index contributed by atoms with van der Waals surface area (Å²) < 4.78 is 0. The maximum atomic E-state index is 6.11. The number of likely N-dealkylation sites (N-methyl/N-ethyl adjacent to an activating group) is 1. The molecule has 2 aliphatic heterocycles. The van der Waals surface area contributed by atoms with E-state index in [1.54, 1.807) is 0 Å². The molecule has 0 saturated carbocycles. The van der Waals surface area contributed by atoms with Gasteiger partial charge >= 0.3 is 0 Å². The normalized spacial score (nSPS) is 19.0. The van der Waals surface area contributed by atoms with Crippen LogP contribution in [0.2, 0.25) is 0 Å². The summed E-state index contributed by atoms with van der Waals surface area (Å²) in [5.74, 6) is 0.0686. The fourth-order valence-electron chi connectivity index (χ4n) is 4.40. The highest BCUT2D eigenvalue weighted by Gasteiger charge is 2.42. The number of rotatable bonds is 4. The molecule has 4 nitrogen and oxygen atoms in total. The summed E-state index contributed by atoms with van der Waals surface area (Å²) in [6, 6.07) is 27.7. The Morgan fingerprint density at radius 2 is 1.43 bits per heavy atom. The molecule has 154 valence electrons. The molecule has 0 spiro atoms.